The molecule has 0 saturated carbocycles. The molecule has 0 aromatic heterocycles. The van der Waals surface area contributed by atoms with Gasteiger partial charge in [-0.3, -0.25) is 0 Å². The van der Waals surface area contributed by atoms with Gasteiger partial charge in [0.1, 0.15) is 6.10 Å². The van der Waals surface area contributed by atoms with Gasteiger partial charge in [0.05, 0.1) is 25.4 Å². The number of methoxy groups -OCH3 is 1. The first-order chi connectivity index (χ1) is 9.62. The molecule has 1 aliphatic heterocycles. The summed E-state index contributed by atoms with van der Waals surface area (Å²) < 4.78 is 10.4. The van der Waals surface area contributed by atoms with E-state index in [4.69, 9.17) is 9.47 Å². The van der Waals surface area contributed by atoms with Crippen LogP contribution in [0.3, 0.4) is 0 Å². The highest BCUT2D eigenvalue weighted by Gasteiger charge is 2.37. The van der Waals surface area contributed by atoms with Crippen LogP contribution in [0.15, 0.2) is 0 Å². The number of nitrogens with zero attached hydrogens (tertiary/aromatic N) is 1. The van der Waals surface area contributed by atoms with E-state index in [0.717, 1.165) is 13.1 Å². The third-order valence-electron chi connectivity index (χ3n) is 3.52. The third kappa shape index (κ3) is 5.24. The summed E-state index contributed by atoms with van der Waals surface area (Å²) in [6.45, 7) is 7.89. The lowest BCUT2D eigenvalue weighted by Gasteiger charge is -2.24. The highest BCUT2D eigenvalue weighted by atomic mass is 16.5. The van der Waals surface area contributed by atoms with Crippen LogP contribution in [0.4, 0.5) is 4.79 Å². The lowest BCUT2D eigenvalue weighted by Crippen LogP contribution is -2.50. The maximum Gasteiger partial charge on any atom is 0.315 e. The van der Waals surface area contributed by atoms with Gasteiger partial charge in [0.2, 0.25) is 0 Å². The molecular formula is C13H27N3O4. The standard InChI is InChI=1S/C13H27N3O4/c1-4-16(5-2)8-11-12(17)10(9-20-11)15-13(18)14-6-7-19-3/h10-12,17H,4-9H2,1-3H3,(H2,14,15,18). The largest absolute Gasteiger partial charge is 0.388 e. The maximum absolute atomic E-state index is 11.6. The van der Waals surface area contributed by atoms with Gasteiger partial charge >= 0.3 is 6.03 Å². The Hall–Kier alpha value is -0.890. The van der Waals surface area contributed by atoms with Crippen LogP contribution in [-0.4, -0.2) is 80.8 Å². The first-order valence-electron chi connectivity index (χ1n) is 7.17. The van der Waals surface area contributed by atoms with Gasteiger partial charge in [-0.25, -0.2) is 4.79 Å². The molecule has 0 spiro atoms. The second-order valence-corrected chi connectivity index (χ2v) is 4.85. The van der Waals surface area contributed by atoms with Crippen molar-refractivity contribution in [1.82, 2.24) is 15.5 Å². The summed E-state index contributed by atoms with van der Waals surface area (Å²) in [5, 5.41) is 15.6. The molecule has 7 heteroatoms. The van der Waals surface area contributed by atoms with E-state index in [2.05, 4.69) is 29.4 Å². The number of ether oxygens (including phenoxy) is 2. The maximum atomic E-state index is 11.6. The minimum Gasteiger partial charge on any atom is -0.388 e. The Balaban J connectivity index is 2.33. The Kier molecular flexibility index (Phi) is 7.83. The zero-order chi connectivity index (χ0) is 15.0. The van der Waals surface area contributed by atoms with Crippen molar-refractivity contribution in [3.63, 3.8) is 0 Å². The molecule has 7 nitrogen and oxygen atoms in total. The molecule has 3 N–H and O–H groups in total. The lowest BCUT2D eigenvalue weighted by molar-refractivity contribution is 0.0173. The fraction of sp³-hybridized carbons (Fsp3) is 0.923. The van der Waals surface area contributed by atoms with Gasteiger partial charge in [-0.05, 0) is 13.1 Å². The first kappa shape index (κ1) is 17.2. The van der Waals surface area contributed by atoms with Crippen molar-refractivity contribution in [2.75, 3.05) is 46.5 Å². The minimum absolute atomic E-state index is 0.251. The Bertz CT molecular complexity index is 287. The average molecular weight is 289 g/mol. The fourth-order valence-electron chi connectivity index (χ4n) is 2.19. The van der Waals surface area contributed by atoms with Gasteiger partial charge in [-0.2, -0.15) is 0 Å². The molecule has 2 amide bonds. The van der Waals surface area contributed by atoms with Crippen LogP contribution < -0.4 is 10.6 Å². The predicted octanol–water partition coefficient (Wildman–Crippen LogP) is -0.598. The number of hydrogen-bond donors (Lipinski definition) is 3. The number of nitrogens with one attached hydrogen (secondary N) is 2. The van der Waals surface area contributed by atoms with E-state index in [1.807, 2.05) is 0 Å². The number of urea groups is 1. The Morgan fingerprint density at radius 2 is 2.15 bits per heavy atom. The summed E-state index contributed by atoms with van der Waals surface area (Å²) in [4.78, 5) is 13.8. The Labute approximate surface area is 120 Å². The van der Waals surface area contributed by atoms with E-state index in [1.54, 1.807) is 7.11 Å². The first-order valence-corrected chi connectivity index (χ1v) is 7.17. The molecule has 1 saturated heterocycles. The second kappa shape index (κ2) is 9.12. The number of likely N-dealkylation sites (N-methyl/N-ethyl adjacent to an activating group) is 1. The SMILES string of the molecule is CCN(CC)CC1OCC(NC(=O)NCCOC)C1O. The summed E-state index contributed by atoms with van der Waals surface area (Å²) >= 11 is 0. The van der Waals surface area contributed by atoms with E-state index >= 15 is 0 Å². The zero-order valence-corrected chi connectivity index (χ0v) is 12.6. The molecule has 1 rings (SSSR count). The number of amides is 2. The average Bonchev–Trinajstić information content (AvgIpc) is 2.77. The molecule has 1 aliphatic rings. The molecule has 20 heavy (non-hydrogen) atoms. The van der Waals surface area contributed by atoms with Crippen molar-refractivity contribution in [2.24, 2.45) is 0 Å². The monoisotopic (exact) mass is 289 g/mol. The van der Waals surface area contributed by atoms with Gasteiger partial charge in [0.15, 0.2) is 0 Å². The Morgan fingerprint density at radius 1 is 1.45 bits per heavy atom. The van der Waals surface area contributed by atoms with Crippen LogP contribution in [-0.2, 0) is 9.47 Å². The van der Waals surface area contributed by atoms with Crippen LogP contribution in [0.25, 0.3) is 0 Å². The van der Waals surface area contributed by atoms with E-state index < -0.39 is 6.10 Å². The van der Waals surface area contributed by atoms with Crippen LogP contribution in [0, 0.1) is 0 Å². The van der Waals surface area contributed by atoms with E-state index in [0.29, 0.717) is 26.3 Å². The molecule has 3 unspecified atom stereocenters. The second-order valence-electron chi connectivity index (χ2n) is 4.85. The summed E-state index contributed by atoms with van der Waals surface area (Å²) in [6, 6.07) is -0.670. The number of aliphatic hydroxyl groups is 1. The predicted molar refractivity (Wildman–Crippen MR) is 75.7 cm³/mol. The zero-order valence-electron chi connectivity index (χ0n) is 12.6. The number of rotatable bonds is 8. The molecule has 0 aromatic carbocycles. The van der Waals surface area contributed by atoms with Crippen molar-refractivity contribution < 1.29 is 19.4 Å². The minimum atomic E-state index is -0.677. The van der Waals surface area contributed by atoms with Gasteiger partial charge in [-0.15, -0.1) is 0 Å². The highest BCUT2D eigenvalue weighted by Crippen LogP contribution is 2.15. The van der Waals surface area contributed by atoms with Crippen LogP contribution in [0.1, 0.15) is 13.8 Å². The lowest BCUT2D eigenvalue weighted by atomic mass is 10.1. The highest BCUT2D eigenvalue weighted by molar-refractivity contribution is 5.74. The quantitative estimate of drug-likeness (QED) is 0.520. The summed E-state index contributed by atoms with van der Waals surface area (Å²) in [6.07, 6.45) is -0.928. The van der Waals surface area contributed by atoms with E-state index in [1.165, 1.54) is 0 Å². The van der Waals surface area contributed by atoms with Crippen LogP contribution in [0.5, 0.6) is 0 Å². The third-order valence-corrected chi connectivity index (χ3v) is 3.52. The molecule has 0 aliphatic carbocycles. The molecule has 118 valence electrons. The molecule has 3 atom stereocenters. The van der Waals surface area contributed by atoms with Crippen molar-refractivity contribution in [1.29, 1.82) is 0 Å². The van der Waals surface area contributed by atoms with Crippen molar-refractivity contribution in [3.8, 4) is 0 Å². The van der Waals surface area contributed by atoms with Gasteiger partial charge in [0, 0.05) is 20.2 Å². The van der Waals surface area contributed by atoms with Gasteiger partial charge in [0.25, 0.3) is 0 Å². The summed E-state index contributed by atoms with van der Waals surface area (Å²) in [5.74, 6) is 0. The smallest absolute Gasteiger partial charge is 0.315 e. The molecule has 0 bridgehead atoms. The summed E-state index contributed by atoms with van der Waals surface area (Å²) in [5.41, 5.74) is 0. The molecule has 1 fully saturated rings. The van der Waals surface area contributed by atoms with Crippen molar-refractivity contribution >= 4 is 6.03 Å². The summed E-state index contributed by atoms with van der Waals surface area (Å²) in [7, 11) is 1.58. The number of hydrogen-bond acceptors (Lipinski definition) is 5. The fourth-order valence-corrected chi connectivity index (χ4v) is 2.19. The Morgan fingerprint density at radius 3 is 2.75 bits per heavy atom. The van der Waals surface area contributed by atoms with Crippen molar-refractivity contribution in [2.45, 2.75) is 32.1 Å². The van der Waals surface area contributed by atoms with Crippen LogP contribution in [0.2, 0.25) is 0 Å². The van der Waals surface area contributed by atoms with Crippen LogP contribution >= 0.6 is 0 Å². The van der Waals surface area contributed by atoms with Gasteiger partial charge < -0.3 is 30.1 Å². The molecule has 0 aromatic rings. The number of carbonyl (C=O) groups excluding carboxylic acids is 1. The van der Waals surface area contributed by atoms with Gasteiger partial charge in [-0.1, -0.05) is 13.8 Å². The number of carbonyl (C=O) groups is 1. The van der Waals surface area contributed by atoms with Crippen molar-refractivity contribution in [3.05, 3.63) is 0 Å². The number of aliphatic hydroxyl groups excluding tert-OH is 1. The normalized spacial score (nSPS) is 25.9. The van der Waals surface area contributed by atoms with E-state index in [9.17, 15) is 9.90 Å². The molecule has 0 radical (unpaired) electrons. The molecule has 1 heterocycles. The molecular weight excluding hydrogens is 262 g/mol. The van der Waals surface area contributed by atoms with E-state index in [-0.39, 0.29) is 18.2 Å². The topological polar surface area (TPSA) is 83.1 Å².